The van der Waals surface area contributed by atoms with Crippen LogP contribution in [0.2, 0.25) is 0 Å². The monoisotopic (exact) mass is 348 g/mol. The average Bonchev–Trinajstić information content (AvgIpc) is 2.67. The molecule has 0 saturated heterocycles. The van der Waals surface area contributed by atoms with Gasteiger partial charge in [0.2, 0.25) is 0 Å². The van der Waals surface area contributed by atoms with Gasteiger partial charge in [-0.2, -0.15) is 0 Å². The fraction of sp³-hybridized carbons (Fsp3) is 0.227. The molecule has 0 amide bonds. The van der Waals surface area contributed by atoms with Crippen molar-refractivity contribution in [3.05, 3.63) is 89.2 Å². The first-order valence-corrected chi connectivity index (χ1v) is 8.70. The zero-order valence-electron chi connectivity index (χ0n) is 15.2. The Morgan fingerprint density at radius 2 is 1.73 bits per heavy atom. The predicted molar refractivity (Wildman–Crippen MR) is 103 cm³/mol. The third-order valence-corrected chi connectivity index (χ3v) is 4.14. The van der Waals surface area contributed by atoms with Crippen LogP contribution in [0.4, 0.5) is 0 Å². The third-order valence-electron chi connectivity index (χ3n) is 4.14. The fourth-order valence-electron chi connectivity index (χ4n) is 2.82. The molecule has 2 aromatic carbocycles. The Balaban J connectivity index is 1.69. The number of nitrogens with one attached hydrogen (secondary N) is 1. The van der Waals surface area contributed by atoms with E-state index in [0.29, 0.717) is 13.2 Å². The second-order valence-corrected chi connectivity index (χ2v) is 6.19. The van der Waals surface area contributed by atoms with Crippen LogP contribution in [0.3, 0.4) is 0 Å². The van der Waals surface area contributed by atoms with Gasteiger partial charge in [-0.15, -0.1) is 0 Å². The van der Waals surface area contributed by atoms with Crippen LogP contribution in [-0.4, -0.2) is 12.1 Å². The maximum atomic E-state index is 6.13. The van der Waals surface area contributed by atoms with E-state index in [9.17, 15) is 0 Å². The molecule has 0 fully saturated rings. The highest BCUT2D eigenvalue weighted by molar-refractivity contribution is 5.46. The molecular weight excluding hydrogens is 324 g/mol. The number of hydrogen-bond acceptors (Lipinski definition) is 4. The molecule has 3 rings (SSSR count). The minimum absolute atomic E-state index is 0.513. The first-order valence-electron chi connectivity index (χ1n) is 8.70. The zero-order valence-corrected chi connectivity index (χ0v) is 15.2. The van der Waals surface area contributed by atoms with Gasteiger partial charge in [0.15, 0.2) is 11.5 Å². The van der Waals surface area contributed by atoms with Crippen molar-refractivity contribution >= 4 is 0 Å². The average molecular weight is 348 g/mol. The molecule has 0 aliphatic carbocycles. The molecule has 0 saturated carbocycles. The van der Waals surface area contributed by atoms with Crippen LogP contribution in [0.1, 0.15) is 22.3 Å². The number of para-hydroxylation sites is 1. The molecule has 0 spiro atoms. The summed E-state index contributed by atoms with van der Waals surface area (Å²) >= 11 is 0. The molecular formula is C22H24N2O2. The molecule has 3 aromatic rings. The Hall–Kier alpha value is -2.85. The van der Waals surface area contributed by atoms with E-state index in [2.05, 4.69) is 41.5 Å². The topological polar surface area (TPSA) is 43.4 Å². The van der Waals surface area contributed by atoms with Crippen LogP contribution >= 0.6 is 0 Å². The molecule has 0 bridgehead atoms. The van der Waals surface area contributed by atoms with Gasteiger partial charge in [0.25, 0.3) is 0 Å². The molecule has 26 heavy (non-hydrogen) atoms. The van der Waals surface area contributed by atoms with Gasteiger partial charge in [-0.3, -0.25) is 4.98 Å². The Morgan fingerprint density at radius 1 is 0.923 bits per heavy atom. The summed E-state index contributed by atoms with van der Waals surface area (Å²) in [6.07, 6.45) is 3.61. The molecule has 4 heteroatoms. The first kappa shape index (κ1) is 18.0. The molecule has 1 heterocycles. The Bertz CT molecular complexity index is 835. The van der Waals surface area contributed by atoms with Gasteiger partial charge < -0.3 is 14.8 Å². The van der Waals surface area contributed by atoms with Crippen LogP contribution in [-0.2, 0) is 19.7 Å². The molecule has 0 radical (unpaired) electrons. The quantitative estimate of drug-likeness (QED) is 0.660. The molecule has 1 aromatic heterocycles. The molecule has 0 aliphatic heterocycles. The largest absolute Gasteiger partial charge is 0.493 e. The number of methoxy groups -OCH3 is 1. The van der Waals surface area contributed by atoms with Crippen LogP contribution in [0.5, 0.6) is 11.5 Å². The van der Waals surface area contributed by atoms with E-state index in [-0.39, 0.29) is 0 Å². The second kappa shape index (κ2) is 9.02. The molecule has 0 atom stereocenters. The maximum Gasteiger partial charge on any atom is 0.166 e. The smallest absolute Gasteiger partial charge is 0.166 e. The van der Waals surface area contributed by atoms with Crippen LogP contribution < -0.4 is 14.8 Å². The minimum atomic E-state index is 0.513. The summed E-state index contributed by atoms with van der Waals surface area (Å²) in [5.74, 6) is 1.54. The summed E-state index contributed by atoms with van der Waals surface area (Å²) in [5.41, 5.74) is 4.65. The lowest BCUT2D eigenvalue weighted by atomic mass is 10.1. The number of aryl methyl sites for hydroxylation is 1. The predicted octanol–water partition coefficient (Wildman–Crippen LogP) is 4.27. The highest BCUT2D eigenvalue weighted by Gasteiger charge is 2.11. The van der Waals surface area contributed by atoms with Crippen molar-refractivity contribution in [2.45, 2.75) is 26.6 Å². The normalized spacial score (nSPS) is 10.5. The fourth-order valence-corrected chi connectivity index (χ4v) is 2.82. The van der Waals surface area contributed by atoms with Crippen LogP contribution in [0.15, 0.2) is 67.0 Å². The standard InChI is InChI=1S/C22H24N2O2/c1-17-5-3-6-19(13-17)16-26-22-20(7-4-8-21(22)25-2)15-24-14-18-9-11-23-12-10-18/h3-13,24H,14-16H2,1-2H3. The molecule has 134 valence electrons. The van der Waals surface area contributed by atoms with Crippen LogP contribution in [0, 0.1) is 6.92 Å². The van der Waals surface area contributed by atoms with Gasteiger partial charge in [-0.1, -0.05) is 42.0 Å². The Morgan fingerprint density at radius 3 is 2.50 bits per heavy atom. The summed E-state index contributed by atoms with van der Waals surface area (Å²) in [5, 5.41) is 3.45. The lowest BCUT2D eigenvalue weighted by molar-refractivity contribution is 0.280. The van der Waals surface area contributed by atoms with E-state index in [1.54, 1.807) is 19.5 Å². The third kappa shape index (κ3) is 4.83. The van der Waals surface area contributed by atoms with Gasteiger partial charge in [0, 0.05) is 31.0 Å². The summed E-state index contributed by atoms with van der Waals surface area (Å²) in [4.78, 5) is 4.04. The van der Waals surface area contributed by atoms with Crippen molar-refractivity contribution < 1.29 is 9.47 Å². The first-order chi connectivity index (χ1) is 12.8. The highest BCUT2D eigenvalue weighted by Crippen LogP contribution is 2.32. The number of nitrogens with zero attached hydrogens (tertiary/aromatic N) is 1. The molecule has 4 nitrogen and oxygen atoms in total. The van der Waals surface area contributed by atoms with Crippen molar-refractivity contribution in [2.75, 3.05) is 7.11 Å². The number of benzene rings is 2. The summed E-state index contributed by atoms with van der Waals surface area (Å²) < 4.78 is 11.6. The van der Waals surface area contributed by atoms with E-state index in [1.807, 2.05) is 30.3 Å². The number of rotatable bonds is 8. The van der Waals surface area contributed by atoms with Crippen molar-refractivity contribution in [1.29, 1.82) is 0 Å². The maximum absolute atomic E-state index is 6.13. The number of ether oxygens (including phenoxy) is 2. The second-order valence-electron chi connectivity index (χ2n) is 6.19. The van der Waals surface area contributed by atoms with E-state index in [4.69, 9.17) is 9.47 Å². The summed E-state index contributed by atoms with van der Waals surface area (Å²) in [7, 11) is 1.67. The zero-order chi connectivity index (χ0) is 18.2. The van der Waals surface area contributed by atoms with Crippen molar-refractivity contribution in [1.82, 2.24) is 10.3 Å². The van der Waals surface area contributed by atoms with E-state index >= 15 is 0 Å². The van der Waals surface area contributed by atoms with E-state index < -0.39 is 0 Å². The van der Waals surface area contributed by atoms with Crippen molar-refractivity contribution in [3.63, 3.8) is 0 Å². The number of aromatic nitrogens is 1. The number of pyridine rings is 1. The Kier molecular flexibility index (Phi) is 6.23. The molecule has 0 aliphatic rings. The Labute approximate surface area is 154 Å². The van der Waals surface area contributed by atoms with Crippen molar-refractivity contribution in [3.8, 4) is 11.5 Å². The summed E-state index contributed by atoms with van der Waals surface area (Å²) in [6, 6.07) is 18.3. The lowest BCUT2D eigenvalue weighted by Crippen LogP contribution is -2.14. The number of hydrogen-bond donors (Lipinski definition) is 1. The molecule has 0 unspecified atom stereocenters. The summed E-state index contributed by atoms with van der Waals surface area (Å²) in [6.45, 7) is 4.07. The van der Waals surface area contributed by atoms with Gasteiger partial charge in [-0.05, 0) is 36.2 Å². The minimum Gasteiger partial charge on any atom is -0.493 e. The lowest BCUT2D eigenvalue weighted by Gasteiger charge is -2.16. The van der Waals surface area contributed by atoms with Gasteiger partial charge >= 0.3 is 0 Å². The van der Waals surface area contributed by atoms with E-state index in [0.717, 1.165) is 29.2 Å². The van der Waals surface area contributed by atoms with Crippen molar-refractivity contribution in [2.24, 2.45) is 0 Å². The molecule has 1 N–H and O–H groups in total. The SMILES string of the molecule is COc1cccc(CNCc2ccncc2)c1OCc1cccc(C)c1. The van der Waals surface area contributed by atoms with Gasteiger partial charge in [-0.25, -0.2) is 0 Å². The highest BCUT2D eigenvalue weighted by atomic mass is 16.5. The van der Waals surface area contributed by atoms with E-state index in [1.165, 1.54) is 11.1 Å². The van der Waals surface area contributed by atoms with Gasteiger partial charge in [0.1, 0.15) is 6.61 Å². The van der Waals surface area contributed by atoms with Gasteiger partial charge in [0.05, 0.1) is 7.11 Å². The van der Waals surface area contributed by atoms with Crippen LogP contribution in [0.25, 0.3) is 0 Å².